The molecule has 2 heterocycles. The third-order valence-electron chi connectivity index (χ3n) is 9.96. The summed E-state index contributed by atoms with van der Waals surface area (Å²) in [5.41, 5.74) is 20.3. The van der Waals surface area contributed by atoms with Crippen LogP contribution in [0.15, 0.2) is 153 Å². The first-order valence-corrected chi connectivity index (χ1v) is 23.8. The standard InChI is InChI=1S/C34H36N10O2.2C7H8O3S/c1-5-43-21(3)19-29(41-33(43)35)37-25-11-15-27(16-12-25)39-31(45)23-7-9-24(10-8-23)32(46)40-28-17-13-26(14-18-28)38-30-20-22(4)44(6-2)34(36)42-30;2*1-6-2-4-7(5-3-6)11(8,9)10/h7-20H,5-6H2,1-4H3,(H,39,45)(H,40,46)(H2,35,37,41)(H2,36,38,42);2*2-5H,1H3,(H,8,9,10). The fourth-order valence-corrected chi connectivity index (χ4v) is 7.31. The van der Waals surface area contributed by atoms with Gasteiger partial charge in [-0.25, -0.2) is 9.98 Å². The van der Waals surface area contributed by atoms with E-state index in [1.807, 2.05) is 62.8 Å². The second kappa shape index (κ2) is 22.6. The van der Waals surface area contributed by atoms with Gasteiger partial charge in [0.25, 0.3) is 32.1 Å². The van der Waals surface area contributed by atoms with Gasteiger partial charge in [-0.3, -0.25) is 18.7 Å². The van der Waals surface area contributed by atoms with Crippen LogP contribution in [0.2, 0.25) is 0 Å². The van der Waals surface area contributed by atoms with Crippen molar-refractivity contribution < 1.29 is 35.5 Å². The number of hydrogen-bond acceptors (Lipinski definition) is 12. The number of nitrogens with one attached hydrogen (secondary N) is 2. The Balaban J connectivity index is 0.000000319. The number of rotatable bonds is 10. The van der Waals surface area contributed by atoms with Crippen molar-refractivity contribution in [3.05, 3.63) is 178 Å². The third-order valence-corrected chi connectivity index (χ3v) is 11.7. The maximum Gasteiger partial charge on any atom is 0.294 e. The molecular formula is C48H52N10O8S2. The molecule has 68 heavy (non-hydrogen) atoms. The van der Waals surface area contributed by atoms with E-state index < -0.39 is 20.2 Å². The molecule has 0 aliphatic heterocycles. The number of aryl methyl sites for hydroxylation is 4. The highest BCUT2D eigenvalue weighted by Gasteiger charge is 2.12. The molecule has 2 amide bonds. The van der Waals surface area contributed by atoms with E-state index in [1.54, 1.807) is 97.1 Å². The summed E-state index contributed by atoms with van der Waals surface area (Å²) in [7, 11) is -8.04. The van der Waals surface area contributed by atoms with Gasteiger partial charge in [-0.05, 0) is 139 Å². The highest BCUT2D eigenvalue weighted by Crippen LogP contribution is 2.19. The lowest BCUT2D eigenvalue weighted by molar-refractivity contribution is 0.101. The van der Waals surface area contributed by atoms with E-state index in [1.165, 1.54) is 24.3 Å². The topological polar surface area (TPSA) is 279 Å². The predicted octanol–water partition coefficient (Wildman–Crippen LogP) is 7.35. The number of carbonyl (C=O) groups excluding carboxylic acids is 2. The summed E-state index contributed by atoms with van der Waals surface area (Å²) in [6, 6.07) is 36.3. The minimum absolute atomic E-state index is 0.0666. The van der Waals surface area contributed by atoms with E-state index in [9.17, 15) is 26.4 Å². The molecule has 0 aliphatic carbocycles. The Morgan fingerprint density at radius 1 is 0.529 bits per heavy atom. The first-order chi connectivity index (χ1) is 32.1. The Bertz CT molecular complexity index is 2990. The van der Waals surface area contributed by atoms with E-state index in [0.717, 1.165) is 35.6 Å². The van der Waals surface area contributed by atoms with Gasteiger partial charge in [0, 0.05) is 59.1 Å². The van der Waals surface area contributed by atoms with E-state index in [2.05, 4.69) is 30.6 Å². The molecule has 0 bridgehead atoms. The highest BCUT2D eigenvalue weighted by molar-refractivity contribution is 7.86. The van der Waals surface area contributed by atoms with Crippen LogP contribution in [0.25, 0.3) is 0 Å². The largest absolute Gasteiger partial charge is 0.369 e. The zero-order valence-corrected chi connectivity index (χ0v) is 39.7. The molecule has 0 unspecified atom stereocenters. The zero-order valence-electron chi connectivity index (χ0n) is 38.1. The summed E-state index contributed by atoms with van der Waals surface area (Å²) in [4.78, 5) is 43.3. The van der Waals surface area contributed by atoms with E-state index in [-0.39, 0.29) is 21.6 Å². The first kappa shape index (κ1) is 51.2. The van der Waals surface area contributed by atoms with Crippen LogP contribution in [0.3, 0.4) is 0 Å². The Hall–Kier alpha value is -7.78. The smallest absolute Gasteiger partial charge is 0.294 e. The number of amides is 2. The van der Waals surface area contributed by atoms with Crippen LogP contribution >= 0.6 is 0 Å². The Kier molecular flexibility index (Phi) is 17.0. The molecule has 8 N–H and O–H groups in total. The number of aromatic nitrogens is 4. The summed E-state index contributed by atoms with van der Waals surface area (Å²) in [5, 5.41) is 5.73. The van der Waals surface area contributed by atoms with Crippen molar-refractivity contribution in [1.82, 2.24) is 19.1 Å². The lowest BCUT2D eigenvalue weighted by Crippen LogP contribution is -2.18. The van der Waals surface area contributed by atoms with Crippen molar-refractivity contribution in [1.29, 1.82) is 0 Å². The molecule has 0 aliphatic rings. The van der Waals surface area contributed by atoms with Gasteiger partial charge in [0.2, 0.25) is 11.9 Å². The fraction of sp³-hybridized carbons (Fsp3) is 0.167. The fourth-order valence-electron chi connectivity index (χ4n) is 6.35. The van der Waals surface area contributed by atoms with Gasteiger partial charge in [-0.15, -0.1) is 0 Å². The average Bonchev–Trinajstić information content (AvgIpc) is 3.28. The number of anilines is 4. The van der Waals surface area contributed by atoms with Crippen molar-refractivity contribution in [2.24, 2.45) is 9.98 Å². The molecule has 354 valence electrons. The molecule has 0 atom stereocenters. The second-order valence-electron chi connectivity index (χ2n) is 15.1. The third kappa shape index (κ3) is 14.6. The highest BCUT2D eigenvalue weighted by atomic mass is 32.2. The number of hydrogen-bond donors (Lipinski definition) is 6. The molecule has 18 nitrogen and oxygen atoms in total. The molecule has 5 aromatic carbocycles. The maximum absolute atomic E-state index is 12.8. The summed E-state index contributed by atoms with van der Waals surface area (Å²) in [6.45, 7) is 13.1. The quantitative estimate of drug-likeness (QED) is 0.0734. The molecule has 0 spiro atoms. The van der Waals surface area contributed by atoms with Crippen LogP contribution in [0.4, 0.5) is 34.6 Å². The van der Waals surface area contributed by atoms with Gasteiger partial charge in [0.05, 0.1) is 21.2 Å². The zero-order chi connectivity index (χ0) is 49.8. The van der Waals surface area contributed by atoms with Gasteiger partial charge < -0.3 is 31.2 Å². The monoisotopic (exact) mass is 960 g/mol. The second-order valence-corrected chi connectivity index (χ2v) is 17.9. The Morgan fingerprint density at radius 3 is 1.10 bits per heavy atom. The average molecular weight is 961 g/mol. The molecule has 0 radical (unpaired) electrons. The number of carbonyl (C=O) groups is 2. The van der Waals surface area contributed by atoms with Gasteiger partial charge in [0.1, 0.15) is 0 Å². The lowest BCUT2D eigenvalue weighted by Gasteiger charge is -2.10. The molecule has 7 aromatic rings. The number of benzene rings is 5. The first-order valence-electron chi connectivity index (χ1n) is 20.9. The molecular weight excluding hydrogens is 909 g/mol. The van der Waals surface area contributed by atoms with E-state index in [4.69, 9.17) is 20.6 Å². The van der Waals surface area contributed by atoms with Gasteiger partial charge in [0.15, 0.2) is 11.0 Å². The van der Waals surface area contributed by atoms with E-state index in [0.29, 0.717) is 56.7 Å². The Labute approximate surface area is 394 Å². The number of nitrogens with two attached hydrogens (primary N) is 2. The SMILES string of the molecule is CCn1c(C)cc(=Nc2ccc(NC(=O)c3ccc(C(=O)Nc4ccc(N=c5cc(C)n(CC)c(N)n5)cc4)cc3)cc2)nc1N.Cc1ccc(S(=O)(=O)O)cc1.Cc1ccc(S(=O)(=O)O)cc1. The number of nitrogens with zero attached hydrogens (tertiary/aromatic N) is 6. The van der Waals surface area contributed by atoms with E-state index >= 15 is 0 Å². The van der Waals surface area contributed by atoms with Crippen LogP contribution in [-0.2, 0) is 33.3 Å². The summed E-state index contributed by atoms with van der Waals surface area (Å²) < 4.78 is 62.9. The molecule has 0 saturated heterocycles. The molecule has 20 heteroatoms. The summed E-state index contributed by atoms with van der Waals surface area (Å²) >= 11 is 0. The van der Waals surface area contributed by atoms with Crippen LogP contribution in [0.1, 0.15) is 57.1 Å². The van der Waals surface area contributed by atoms with Gasteiger partial charge in [-0.2, -0.15) is 26.8 Å². The van der Waals surface area contributed by atoms with Crippen molar-refractivity contribution >= 4 is 66.7 Å². The molecule has 0 saturated carbocycles. The minimum Gasteiger partial charge on any atom is -0.369 e. The summed E-state index contributed by atoms with van der Waals surface area (Å²) in [5.74, 6) is 0.204. The summed E-state index contributed by atoms with van der Waals surface area (Å²) in [6.07, 6.45) is 0. The van der Waals surface area contributed by atoms with Crippen LogP contribution in [0.5, 0.6) is 0 Å². The van der Waals surface area contributed by atoms with Crippen molar-refractivity contribution in [2.45, 2.75) is 64.4 Å². The normalized spacial score (nSPS) is 11.7. The Morgan fingerprint density at radius 2 is 0.838 bits per heavy atom. The number of nitrogen functional groups attached to an aromatic ring is 2. The van der Waals surface area contributed by atoms with Crippen molar-refractivity contribution in [2.75, 3.05) is 22.1 Å². The van der Waals surface area contributed by atoms with Crippen LogP contribution in [0, 0.1) is 27.7 Å². The minimum atomic E-state index is -4.02. The molecule has 0 fully saturated rings. The predicted molar refractivity (Wildman–Crippen MR) is 262 cm³/mol. The molecule has 7 rings (SSSR count). The van der Waals surface area contributed by atoms with Gasteiger partial charge >= 0.3 is 0 Å². The van der Waals surface area contributed by atoms with Crippen molar-refractivity contribution in [3.8, 4) is 0 Å². The van der Waals surface area contributed by atoms with Gasteiger partial charge in [-0.1, -0.05) is 35.4 Å². The van der Waals surface area contributed by atoms with Crippen LogP contribution < -0.4 is 33.1 Å². The van der Waals surface area contributed by atoms with Crippen molar-refractivity contribution in [3.63, 3.8) is 0 Å². The van der Waals surface area contributed by atoms with Crippen LogP contribution in [-0.4, -0.2) is 56.9 Å². The maximum atomic E-state index is 12.8. The molecule has 2 aromatic heterocycles. The lowest BCUT2D eigenvalue weighted by atomic mass is 10.1.